The highest BCUT2D eigenvalue weighted by Crippen LogP contribution is 2.37. The third-order valence-electron chi connectivity index (χ3n) is 6.83. The van der Waals surface area contributed by atoms with E-state index in [1.165, 1.54) is 0 Å². The number of aromatic nitrogens is 3. The number of piperidine rings is 1. The number of anilines is 1. The fourth-order valence-corrected chi connectivity index (χ4v) is 5.07. The quantitative estimate of drug-likeness (QED) is 0.495. The van der Waals surface area contributed by atoms with Crippen molar-refractivity contribution in [1.82, 2.24) is 19.5 Å². The minimum Gasteiger partial charge on any atom is -0.380 e. The first-order valence-corrected chi connectivity index (χ1v) is 11.9. The van der Waals surface area contributed by atoms with E-state index in [0.29, 0.717) is 13.2 Å². The molecule has 4 heterocycles. The van der Waals surface area contributed by atoms with E-state index in [0.717, 1.165) is 84.9 Å². The zero-order chi connectivity index (χ0) is 22.9. The zero-order valence-electron chi connectivity index (χ0n) is 19.6. The molecule has 6 nitrogen and oxygen atoms in total. The number of hydrogen-bond donors (Lipinski definition) is 0. The Morgan fingerprint density at radius 1 is 1.09 bits per heavy atom. The van der Waals surface area contributed by atoms with Crippen molar-refractivity contribution in [1.29, 1.82) is 0 Å². The molecule has 0 aliphatic carbocycles. The van der Waals surface area contributed by atoms with Crippen LogP contribution in [0, 0.1) is 12.7 Å². The minimum atomic E-state index is -0.228. The summed E-state index contributed by atoms with van der Waals surface area (Å²) in [7, 11) is 2.07. The van der Waals surface area contributed by atoms with E-state index < -0.39 is 0 Å². The molecule has 0 saturated carbocycles. The predicted octanol–water partition coefficient (Wildman–Crippen LogP) is 4.77. The molecule has 3 aromatic rings. The maximum absolute atomic E-state index is 14.3. The minimum absolute atomic E-state index is 0.0961. The zero-order valence-corrected chi connectivity index (χ0v) is 19.6. The standard InChI is InChI=1S/C26H32FN5O/c1-18-15-26-30(3)12-14-33-13-6-7-20-9-10-21(27)16-22(20)19(2)31-11-5-4-8-24(31)23-17-25(28-18)32(26)29-23/h9-10,15-17,24H,2,4-8,11-14H2,1,3H3. The second-order valence-electron chi connectivity index (χ2n) is 9.19. The van der Waals surface area contributed by atoms with Gasteiger partial charge in [0.1, 0.15) is 11.6 Å². The molecule has 1 saturated heterocycles. The summed E-state index contributed by atoms with van der Waals surface area (Å²) < 4.78 is 22.2. The second kappa shape index (κ2) is 9.14. The maximum atomic E-state index is 14.3. The number of benzene rings is 1. The first kappa shape index (κ1) is 21.9. The Labute approximate surface area is 194 Å². The Hall–Kier alpha value is -2.93. The van der Waals surface area contributed by atoms with Crippen molar-refractivity contribution in [2.45, 2.75) is 45.1 Å². The molecule has 7 heteroatoms. The van der Waals surface area contributed by atoms with Crippen molar-refractivity contribution >= 4 is 17.2 Å². The van der Waals surface area contributed by atoms with Crippen LogP contribution in [-0.4, -0.2) is 52.8 Å². The number of nitrogens with zero attached hydrogens (tertiary/aromatic N) is 5. The molecule has 0 radical (unpaired) electrons. The third kappa shape index (κ3) is 4.34. The van der Waals surface area contributed by atoms with Gasteiger partial charge in [-0.05, 0) is 56.7 Å². The Kier molecular flexibility index (Phi) is 6.06. The van der Waals surface area contributed by atoms with Crippen molar-refractivity contribution in [3.05, 3.63) is 65.2 Å². The van der Waals surface area contributed by atoms with Gasteiger partial charge in [0.05, 0.1) is 18.3 Å². The normalized spacial score (nSPS) is 20.2. The van der Waals surface area contributed by atoms with E-state index in [2.05, 4.69) is 35.6 Å². The molecular weight excluding hydrogens is 417 g/mol. The maximum Gasteiger partial charge on any atom is 0.157 e. The van der Waals surface area contributed by atoms with E-state index in [1.807, 2.05) is 17.5 Å². The number of halogens is 1. The summed E-state index contributed by atoms with van der Waals surface area (Å²) in [5, 5.41) is 5.02. The number of ether oxygens (including phenoxy) is 1. The van der Waals surface area contributed by atoms with E-state index >= 15 is 0 Å². The molecule has 2 bridgehead atoms. The lowest BCUT2D eigenvalue weighted by atomic mass is 9.94. The summed E-state index contributed by atoms with van der Waals surface area (Å²) in [5.74, 6) is 0.780. The highest BCUT2D eigenvalue weighted by Gasteiger charge is 2.29. The monoisotopic (exact) mass is 449 g/mol. The molecule has 0 N–H and O–H groups in total. The number of fused-ring (bicyclic) bond motifs is 4. The summed E-state index contributed by atoms with van der Waals surface area (Å²) in [6, 6.07) is 9.35. The fourth-order valence-electron chi connectivity index (χ4n) is 5.07. The SMILES string of the molecule is C=C1c2cc(F)ccc2CCCOCCN(C)c2cc(C)nc3cc(nn23)C2CCCCN12. The van der Waals surface area contributed by atoms with Crippen LogP contribution >= 0.6 is 0 Å². The molecule has 2 aliphatic rings. The molecule has 2 aromatic heterocycles. The molecule has 1 aromatic carbocycles. The van der Waals surface area contributed by atoms with Crippen LogP contribution in [0.15, 0.2) is 36.9 Å². The van der Waals surface area contributed by atoms with Crippen molar-refractivity contribution in [2.75, 3.05) is 38.3 Å². The van der Waals surface area contributed by atoms with E-state index in [9.17, 15) is 4.39 Å². The van der Waals surface area contributed by atoms with Gasteiger partial charge in [-0.1, -0.05) is 12.6 Å². The summed E-state index contributed by atoms with van der Waals surface area (Å²) in [5.41, 5.74) is 5.69. The summed E-state index contributed by atoms with van der Waals surface area (Å²) in [4.78, 5) is 9.25. The molecule has 0 amide bonds. The Morgan fingerprint density at radius 2 is 1.97 bits per heavy atom. The number of likely N-dealkylation sites (N-methyl/N-ethyl adjacent to an activating group) is 1. The average molecular weight is 450 g/mol. The molecule has 5 rings (SSSR count). The van der Waals surface area contributed by atoms with Crippen LogP contribution in [-0.2, 0) is 11.2 Å². The first-order chi connectivity index (χ1) is 16.0. The van der Waals surface area contributed by atoms with Gasteiger partial charge in [-0.15, -0.1) is 0 Å². The average Bonchev–Trinajstić information content (AvgIpc) is 3.24. The van der Waals surface area contributed by atoms with E-state index in [4.69, 9.17) is 14.8 Å². The third-order valence-corrected chi connectivity index (χ3v) is 6.83. The van der Waals surface area contributed by atoms with Gasteiger partial charge in [0, 0.05) is 55.8 Å². The largest absolute Gasteiger partial charge is 0.380 e. The van der Waals surface area contributed by atoms with Gasteiger partial charge in [0.25, 0.3) is 0 Å². The summed E-state index contributed by atoms with van der Waals surface area (Å²) >= 11 is 0. The highest BCUT2D eigenvalue weighted by atomic mass is 19.1. The Morgan fingerprint density at radius 3 is 2.85 bits per heavy atom. The van der Waals surface area contributed by atoms with Crippen molar-refractivity contribution in [3.8, 4) is 0 Å². The lowest BCUT2D eigenvalue weighted by molar-refractivity contribution is 0.138. The van der Waals surface area contributed by atoms with Crippen molar-refractivity contribution in [3.63, 3.8) is 0 Å². The molecular formula is C26H32FN5O. The molecule has 1 atom stereocenters. The lowest BCUT2D eigenvalue weighted by Gasteiger charge is -2.38. The first-order valence-electron chi connectivity index (χ1n) is 11.9. The number of aryl methyl sites for hydroxylation is 2. The summed E-state index contributed by atoms with van der Waals surface area (Å²) in [6.07, 6.45) is 4.94. The van der Waals surface area contributed by atoms with Crippen molar-refractivity contribution < 1.29 is 9.13 Å². The van der Waals surface area contributed by atoms with Crippen LogP contribution in [0.5, 0.6) is 0 Å². The van der Waals surface area contributed by atoms with Crippen LogP contribution in [0.25, 0.3) is 11.3 Å². The van der Waals surface area contributed by atoms with Crippen LogP contribution in [0.1, 0.15) is 54.2 Å². The van der Waals surface area contributed by atoms with Gasteiger partial charge in [-0.3, -0.25) is 0 Å². The molecule has 0 spiro atoms. The van der Waals surface area contributed by atoms with Crippen molar-refractivity contribution in [2.24, 2.45) is 0 Å². The van der Waals surface area contributed by atoms with E-state index in [1.54, 1.807) is 12.1 Å². The van der Waals surface area contributed by atoms with Gasteiger partial charge in [0.2, 0.25) is 0 Å². The van der Waals surface area contributed by atoms with Gasteiger partial charge < -0.3 is 14.5 Å². The number of rotatable bonds is 0. The molecule has 1 fully saturated rings. The lowest BCUT2D eigenvalue weighted by Crippen LogP contribution is -2.32. The summed E-state index contributed by atoms with van der Waals surface area (Å²) in [6.45, 7) is 9.42. The highest BCUT2D eigenvalue weighted by molar-refractivity contribution is 5.66. The van der Waals surface area contributed by atoms with Gasteiger partial charge in [0.15, 0.2) is 5.65 Å². The van der Waals surface area contributed by atoms with E-state index in [-0.39, 0.29) is 11.9 Å². The second-order valence-corrected chi connectivity index (χ2v) is 9.19. The Bertz CT molecular complexity index is 1170. The van der Waals surface area contributed by atoms with Crippen LogP contribution in [0.4, 0.5) is 10.2 Å². The van der Waals surface area contributed by atoms with Gasteiger partial charge >= 0.3 is 0 Å². The van der Waals surface area contributed by atoms with Crippen LogP contribution in [0.3, 0.4) is 0 Å². The molecule has 33 heavy (non-hydrogen) atoms. The topological polar surface area (TPSA) is 45.9 Å². The molecule has 2 aliphatic heterocycles. The van der Waals surface area contributed by atoms with Gasteiger partial charge in [-0.25, -0.2) is 9.37 Å². The number of hydrogen-bond acceptors (Lipinski definition) is 5. The molecule has 1 unspecified atom stereocenters. The fraction of sp³-hybridized carbons (Fsp3) is 0.462. The molecule has 174 valence electrons. The Balaban J connectivity index is 1.62. The smallest absolute Gasteiger partial charge is 0.157 e. The predicted molar refractivity (Wildman–Crippen MR) is 129 cm³/mol. The van der Waals surface area contributed by atoms with Gasteiger partial charge in [-0.2, -0.15) is 9.61 Å². The van der Waals surface area contributed by atoms with Crippen LogP contribution < -0.4 is 4.90 Å². The van der Waals surface area contributed by atoms with Crippen LogP contribution in [0.2, 0.25) is 0 Å².